The zero-order chi connectivity index (χ0) is 17.5. The van der Waals surface area contributed by atoms with Crippen LogP contribution < -0.4 is 10.1 Å². The number of urea groups is 1. The van der Waals surface area contributed by atoms with Crippen LogP contribution in [0.4, 0.5) is 4.79 Å². The van der Waals surface area contributed by atoms with E-state index in [-0.39, 0.29) is 12.1 Å². The Balaban J connectivity index is 1.75. The van der Waals surface area contributed by atoms with Gasteiger partial charge in [-0.25, -0.2) is 4.79 Å². The molecule has 0 radical (unpaired) electrons. The first-order valence-electron chi connectivity index (χ1n) is 8.04. The highest BCUT2D eigenvalue weighted by atomic mass is 16.5. The first-order chi connectivity index (χ1) is 11.5. The lowest BCUT2D eigenvalue weighted by Crippen LogP contribution is -2.41. The van der Waals surface area contributed by atoms with Crippen molar-refractivity contribution in [1.29, 1.82) is 0 Å². The van der Waals surface area contributed by atoms with Crippen molar-refractivity contribution in [2.45, 2.75) is 39.3 Å². The van der Waals surface area contributed by atoms with Gasteiger partial charge in [0.2, 0.25) is 0 Å². The van der Waals surface area contributed by atoms with Crippen molar-refractivity contribution in [3.63, 3.8) is 0 Å². The molecule has 0 spiro atoms. The lowest BCUT2D eigenvalue weighted by Gasteiger charge is -2.20. The minimum absolute atomic E-state index is 0.0843. The first kappa shape index (κ1) is 17.8. The maximum atomic E-state index is 12.2. The molecule has 24 heavy (non-hydrogen) atoms. The number of ether oxygens (including phenoxy) is 1. The number of rotatable bonds is 7. The largest absolute Gasteiger partial charge is 0.497 e. The lowest BCUT2D eigenvalue weighted by atomic mass is 10.1. The Kier molecular flexibility index (Phi) is 6.23. The van der Waals surface area contributed by atoms with Gasteiger partial charge in [0, 0.05) is 19.2 Å². The second-order valence-electron chi connectivity index (χ2n) is 6.02. The molecule has 0 bridgehead atoms. The number of aryl methyl sites for hydroxylation is 2. The molecule has 6 heteroatoms. The average molecular weight is 331 g/mol. The Bertz CT molecular complexity index is 652. The number of benzene rings is 1. The summed E-state index contributed by atoms with van der Waals surface area (Å²) in [5, 5.41) is 6.90. The normalized spacial score (nSPS) is 11.8. The summed E-state index contributed by atoms with van der Waals surface area (Å²) >= 11 is 0. The molecular weight excluding hydrogens is 306 g/mol. The molecule has 0 aliphatic heterocycles. The molecule has 0 saturated heterocycles. The van der Waals surface area contributed by atoms with Crippen LogP contribution in [0, 0.1) is 6.92 Å². The van der Waals surface area contributed by atoms with Crippen LogP contribution in [-0.2, 0) is 13.0 Å². The fourth-order valence-corrected chi connectivity index (χ4v) is 2.38. The fourth-order valence-electron chi connectivity index (χ4n) is 2.38. The van der Waals surface area contributed by atoms with Gasteiger partial charge in [-0.05, 0) is 44.4 Å². The number of hydrogen-bond donors (Lipinski definition) is 1. The highest BCUT2D eigenvalue weighted by molar-refractivity contribution is 5.74. The van der Waals surface area contributed by atoms with Gasteiger partial charge in [0.15, 0.2) is 0 Å². The number of nitrogens with zero attached hydrogens (tertiary/aromatic N) is 2. The van der Waals surface area contributed by atoms with Gasteiger partial charge >= 0.3 is 6.03 Å². The number of carbonyl (C=O) groups is 1. The summed E-state index contributed by atoms with van der Waals surface area (Å²) in [4.78, 5) is 13.8. The SMILES string of the molecule is COc1ccc(CCC(C)NC(=O)N(C)Cc2cc(C)on2)cc1. The van der Waals surface area contributed by atoms with Crippen molar-refractivity contribution in [2.24, 2.45) is 0 Å². The summed E-state index contributed by atoms with van der Waals surface area (Å²) in [6.45, 7) is 4.27. The Morgan fingerprint density at radius 1 is 1.38 bits per heavy atom. The van der Waals surface area contributed by atoms with Gasteiger partial charge in [-0.3, -0.25) is 0 Å². The van der Waals surface area contributed by atoms with E-state index < -0.39 is 0 Å². The van der Waals surface area contributed by atoms with Crippen LogP contribution in [0.2, 0.25) is 0 Å². The summed E-state index contributed by atoms with van der Waals surface area (Å²) in [6.07, 6.45) is 1.77. The maximum Gasteiger partial charge on any atom is 0.317 e. The Morgan fingerprint density at radius 2 is 2.08 bits per heavy atom. The molecule has 1 heterocycles. The van der Waals surface area contributed by atoms with Crippen molar-refractivity contribution < 1.29 is 14.1 Å². The average Bonchev–Trinajstić information content (AvgIpc) is 2.98. The number of amides is 2. The fraction of sp³-hybridized carbons (Fsp3) is 0.444. The molecule has 6 nitrogen and oxygen atoms in total. The molecule has 1 N–H and O–H groups in total. The standard InChI is InChI=1S/C18H25N3O3/c1-13(5-6-15-7-9-17(23-4)10-8-15)19-18(22)21(3)12-16-11-14(2)24-20-16/h7-11,13H,5-6,12H2,1-4H3,(H,19,22). The third-order valence-electron chi connectivity index (χ3n) is 3.82. The molecule has 1 unspecified atom stereocenters. The van der Waals surface area contributed by atoms with E-state index in [2.05, 4.69) is 10.5 Å². The van der Waals surface area contributed by atoms with Gasteiger partial charge < -0.3 is 19.5 Å². The molecule has 0 fully saturated rings. The van der Waals surface area contributed by atoms with E-state index in [1.807, 2.05) is 44.2 Å². The predicted molar refractivity (Wildman–Crippen MR) is 92.0 cm³/mol. The Hall–Kier alpha value is -2.50. The van der Waals surface area contributed by atoms with Gasteiger partial charge in [-0.15, -0.1) is 0 Å². The molecule has 2 amide bonds. The summed E-state index contributed by atoms with van der Waals surface area (Å²) in [5.74, 6) is 1.59. The first-order valence-corrected chi connectivity index (χ1v) is 8.04. The van der Waals surface area contributed by atoms with Crippen LogP contribution in [0.25, 0.3) is 0 Å². The number of nitrogens with one attached hydrogen (secondary N) is 1. The Labute approximate surface area is 142 Å². The van der Waals surface area contributed by atoms with Crippen LogP contribution in [0.15, 0.2) is 34.9 Å². The third kappa shape index (κ3) is 5.30. The quantitative estimate of drug-likeness (QED) is 0.846. The van der Waals surface area contributed by atoms with E-state index in [0.717, 1.165) is 30.0 Å². The van der Waals surface area contributed by atoms with Crippen molar-refractivity contribution in [3.05, 3.63) is 47.3 Å². The van der Waals surface area contributed by atoms with Crippen LogP contribution in [0.1, 0.15) is 30.4 Å². The van der Waals surface area contributed by atoms with Crippen molar-refractivity contribution >= 4 is 6.03 Å². The molecule has 130 valence electrons. The summed E-state index contributed by atoms with van der Waals surface area (Å²) in [6, 6.07) is 9.80. The van der Waals surface area contributed by atoms with Crippen LogP contribution in [0.3, 0.4) is 0 Å². The molecule has 2 rings (SSSR count). The second-order valence-corrected chi connectivity index (χ2v) is 6.02. The van der Waals surface area contributed by atoms with E-state index in [1.54, 1.807) is 19.1 Å². The number of carbonyl (C=O) groups excluding carboxylic acids is 1. The maximum absolute atomic E-state index is 12.2. The molecule has 1 aromatic carbocycles. The van der Waals surface area contributed by atoms with Crippen molar-refractivity contribution in [3.8, 4) is 5.75 Å². The minimum atomic E-state index is -0.113. The number of hydrogen-bond acceptors (Lipinski definition) is 4. The van der Waals surface area contributed by atoms with Gasteiger partial charge in [0.05, 0.1) is 13.7 Å². The Morgan fingerprint density at radius 3 is 2.67 bits per heavy atom. The molecule has 2 aromatic rings. The molecule has 1 atom stereocenters. The van der Waals surface area contributed by atoms with Gasteiger partial charge in [0.25, 0.3) is 0 Å². The van der Waals surface area contributed by atoms with Crippen LogP contribution >= 0.6 is 0 Å². The lowest BCUT2D eigenvalue weighted by molar-refractivity contribution is 0.201. The zero-order valence-corrected chi connectivity index (χ0v) is 14.7. The zero-order valence-electron chi connectivity index (χ0n) is 14.7. The third-order valence-corrected chi connectivity index (χ3v) is 3.82. The topological polar surface area (TPSA) is 67.6 Å². The van der Waals surface area contributed by atoms with Gasteiger partial charge in [-0.2, -0.15) is 0 Å². The van der Waals surface area contributed by atoms with E-state index in [0.29, 0.717) is 6.54 Å². The molecule has 1 aromatic heterocycles. The number of aromatic nitrogens is 1. The van der Waals surface area contributed by atoms with Crippen LogP contribution in [-0.4, -0.2) is 36.3 Å². The predicted octanol–water partition coefficient (Wildman–Crippen LogP) is 3.15. The van der Waals surface area contributed by atoms with E-state index >= 15 is 0 Å². The summed E-state index contributed by atoms with van der Waals surface area (Å²) in [7, 11) is 3.40. The molecule has 0 saturated carbocycles. The minimum Gasteiger partial charge on any atom is -0.497 e. The summed E-state index contributed by atoms with van der Waals surface area (Å²) < 4.78 is 10.2. The van der Waals surface area contributed by atoms with Crippen molar-refractivity contribution in [1.82, 2.24) is 15.4 Å². The highest BCUT2D eigenvalue weighted by Gasteiger charge is 2.14. The van der Waals surface area contributed by atoms with Gasteiger partial charge in [-0.1, -0.05) is 17.3 Å². The van der Waals surface area contributed by atoms with E-state index in [1.165, 1.54) is 5.56 Å². The van der Waals surface area contributed by atoms with Crippen LogP contribution in [0.5, 0.6) is 5.75 Å². The van der Waals surface area contributed by atoms with Gasteiger partial charge in [0.1, 0.15) is 17.2 Å². The smallest absolute Gasteiger partial charge is 0.317 e. The molecular formula is C18H25N3O3. The monoisotopic (exact) mass is 331 g/mol. The molecule has 0 aliphatic rings. The highest BCUT2D eigenvalue weighted by Crippen LogP contribution is 2.13. The van der Waals surface area contributed by atoms with Crippen molar-refractivity contribution in [2.75, 3.05) is 14.2 Å². The number of methoxy groups -OCH3 is 1. The van der Waals surface area contributed by atoms with E-state index in [9.17, 15) is 4.79 Å². The second kappa shape index (κ2) is 8.38. The molecule has 0 aliphatic carbocycles. The summed E-state index contributed by atoms with van der Waals surface area (Å²) in [5.41, 5.74) is 1.97. The van der Waals surface area contributed by atoms with E-state index in [4.69, 9.17) is 9.26 Å².